The highest BCUT2D eigenvalue weighted by Gasteiger charge is 2.18. The molecule has 3 aromatic carbocycles. The molecule has 3 aromatic rings. The average Bonchev–Trinajstić information content (AvgIpc) is 2.82. The SMILES string of the molecule is C=Cc1ccccc1CN(C)C(CCc1ccc(CCC)cc1)c1ccc(CCC)cc1. The summed E-state index contributed by atoms with van der Waals surface area (Å²) in [6.45, 7) is 9.41. The number of nitrogens with zero attached hydrogens (tertiary/aromatic N) is 1. The fourth-order valence-electron chi connectivity index (χ4n) is 4.56. The summed E-state index contributed by atoms with van der Waals surface area (Å²) < 4.78 is 0. The molecule has 0 saturated heterocycles. The first-order valence-electron chi connectivity index (χ1n) is 12.2. The third-order valence-corrected chi connectivity index (χ3v) is 6.40. The van der Waals surface area contributed by atoms with Crippen molar-refractivity contribution in [2.24, 2.45) is 0 Å². The van der Waals surface area contributed by atoms with Crippen molar-refractivity contribution in [3.8, 4) is 0 Å². The summed E-state index contributed by atoms with van der Waals surface area (Å²) >= 11 is 0. The Hall–Kier alpha value is -2.64. The largest absolute Gasteiger partial charge is 0.295 e. The van der Waals surface area contributed by atoms with Crippen LogP contribution in [0.2, 0.25) is 0 Å². The smallest absolute Gasteiger partial charge is 0.0351 e. The third-order valence-electron chi connectivity index (χ3n) is 6.40. The molecule has 0 aromatic heterocycles. The zero-order valence-corrected chi connectivity index (χ0v) is 20.2. The lowest BCUT2D eigenvalue weighted by molar-refractivity contribution is 0.224. The highest BCUT2D eigenvalue weighted by molar-refractivity contribution is 5.51. The highest BCUT2D eigenvalue weighted by atomic mass is 15.1. The van der Waals surface area contributed by atoms with Crippen LogP contribution in [-0.2, 0) is 25.8 Å². The molecule has 32 heavy (non-hydrogen) atoms. The Bertz CT molecular complexity index is 953. The van der Waals surface area contributed by atoms with Crippen molar-refractivity contribution in [2.75, 3.05) is 7.05 Å². The molecular weight excluding hydrogens is 386 g/mol. The number of aryl methyl sites for hydroxylation is 3. The molecule has 1 atom stereocenters. The van der Waals surface area contributed by atoms with Crippen molar-refractivity contribution in [1.29, 1.82) is 0 Å². The van der Waals surface area contributed by atoms with Gasteiger partial charge in [0.25, 0.3) is 0 Å². The maximum absolute atomic E-state index is 4.01. The van der Waals surface area contributed by atoms with Crippen LogP contribution in [0.4, 0.5) is 0 Å². The highest BCUT2D eigenvalue weighted by Crippen LogP contribution is 2.28. The van der Waals surface area contributed by atoms with Crippen molar-refractivity contribution in [3.63, 3.8) is 0 Å². The van der Waals surface area contributed by atoms with E-state index >= 15 is 0 Å². The summed E-state index contributed by atoms with van der Waals surface area (Å²) in [5.74, 6) is 0. The van der Waals surface area contributed by atoms with Crippen molar-refractivity contribution < 1.29 is 0 Å². The van der Waals surface area contributed by atoms with Crippen LogP contribution in [0.25, 0.3) is 6.08 Å². The van der Waals surface area contributed by atoms with Crippen molar-refractivity contribution >= 4 is 6.08 Å². The van der Waals surface area contributed by atoms with Gasteiger partial charge in [-0.15, -0.1) is 0 Å². The quantitative estimate of drug-likeness (QED) is 0.284. The standard InChI is InChI=1S/C31H39N/c1-5-10-25-14-16-27(17-15-25)20-23-31(29-21-18-26(11-6-2)19-22-29)32(4)24-30-13-9-8-12-28(30)7-3/h7-9,12-19,21-22,31H,3,5-6,10-11,20,23-24H2,1-2,4H3. The molecule has 0 saturated carbocycles. The number of hydrogen-bond acceptors (Lipinski definition) is 1. The third kappa shape index (κ3) is 6.68. The summed E-state index contributed by atoms with van der Waals surface area (Å²) in [6.07, 6.45) is 8.86. The fourth-order valence-corrected chi connectivity index (χ4v) is 4.56. The minimum absolute atomic E-state index is 0.374. The second-order valence-electron chi connectivity index (χ2n) is 8.93. The summed E-state index contributed by atoms with van der Waals surface area (Å²) in [5.41, 5.74) is 8.27. The van der Waals surface area contributed by atoms with Crippen molar-refractivity contribution in [3.05, 3.63) is 113 Å². The van der Waals surface area contributed by atoms with Crippen LogP contribution in [-0.4, -0.2) is 11.9 Å². The Morgan fingerprint density at radius 1 is 0.750 bits per heavy atom. The van der Waals surface area contributed by atoms with Crippen LogP contribution in [0.15, 0.2) is 79.4 Å². The van der Waals surface area contributed by atoms with Gasteiger partial charge in [0.05, 0.1) is 0 Å². The van der Waals surface area contributed by atoms with Crippen LogP contribution in [0.3, 0.4) is 0 Å². The molecule has 0 heterocycles. The molecule has 1 nitrogen and oxygen atoms in total. The van der Waals surface area contributed by atoms with Crippen LogP contribution < -0.4 is 0 Å². The summed E-state index contributed by atoms with van der Waals surface area (Å²) in [5, 5.41) is 0. The van der Waals surface area contributed by atoms with Gasteiger partial charge >= 0.3 is 0 Å². The lowest BCUT2D eigenvalue weighted by Gasteiger charge is -2.29. The minimum atomic E-state index is 0.374. The van der Waals surface area contributed by atoms with E-state index in [9.17, 15) is 0 Å². The summed E-state index contributed by atoms with van der Waals surface area (Å²) in [7, 11) is 2.26. The van der Waals surface area contributed by atoms with E-state index in [0.29, 0.717) is 6.04 Å². The minimum Gasteiger partial charge on any atom is -0.295 e. The number of benzene rings is 3. The molecule has 0 amide bonds. The van der Waals surface area contributed by atoms with Gasteiger partial charge in [0.15, 0.2) is 0 Å². The molecule has 1 heteroatoms. The second kappa shape index (κ2) is 12.4. The monoisotopic (exact) mass is 425 g/mol. The second-order valence-corrected chi connectivity index (χ2v) is 8.93. The molecule has 0 N–H and O–H groups in total. The van der Waals surface area contributed by atoms with Gasteiger partial charge in [-0.2, -0.15) is 0 Å². The Balaban J connectivity index is 1.78. The molecule has 0 spiro atoms. The maximum atomic E-state index is 4.01. The molecule has 3 rings (SSSR count). The average molecular weight is 426 g/mol. The molecule has 0 radical (unpaired) electrons. The van der Waals surface area contributed by atoms with Gasteiger partial charge in [-0.25, -0.2) is 0 Å². The first-order valence-corrected chi connectivity index (χ1v) is 12.2. The van der Waals surface area contributed by atoms with E-state index in [1.807, 2.05) is 6.08 Å². The van der Waals surface area contributed by atoms with Gasteiger partial charge in [-0.3, -0.25) is 4.90 Å². The molecule has 0 bridgehead atoms. The van der Waals surface area contributed by atoms with Crippen molar-refractivity contribution in [2.45, 2.75) is 65.0 Å². The van der Waals surface area contributed by atoms with E-state index in [1.54, 1.807) is 0 Å². The first-order chi connectivity index (χ1) is 15.6. The molecule has 168 valence electrons. The zero-order chi connectivity index (χ0) is 22.8. The van der Waals surface area contributed by atoms with E-state index in [-0.39, 0.29) is 0 Å². The molecule has 0 aliphatic heterocycles. The van der Waals surface area contributed by atoms with E-state index in [0.717, 1.165) is 25.8 Å². The van der Waals surface area contributed by atoms with Gasteiger partial charge in [0, 0.05) is 12.6 Å². The zero-order valence-electron chi connectivity index (χ0n) is 20.2. The number of rotatable bonds is 12. The van der Waals surface area contributed by atoms with Crippen LogP contribution in [0, 0.1) is 0 Å². The lowest BCUT2D eigenvalue weighted by Crippen LogP contribution is -2.25. The Morgan fingerprint density at radius 3 is 1.84 bits per heavy atom. The van der Waals surface area contributed by atoms with Crippen molar-refractivity contribution in [1.82, 2.24) is 4.90 Å². The van der Waals surface area contributed by atoms with Gasteiger partial charge in [0.1, 0.15) is 0 Å². The van der Waals surface area contributed by atoms with E-state index < -0.39 is 0 Å². The lowest BCUT2D eigenvalue weighted by atomic mass is 9.95. The molecule has 0 aliphatic carbocycles. The van der Waals surface area contributed by atoms with E-state index in [4.69, 9.17) is 0 Å². The van der Waals surface area contributed by atoms with Gasteiger partial charge in [-0.1, -0.05) is 112 Å². The molecule has 1 unspecified atom stereocenters. The Kier molecular flexibility index (Phi) is 9.31. The van der Waals surface area contributed by atoms with Gasteiger partial charge in [0.2, 0.25) is 0 Å². The molecular formula is C31H39N. The molecule has 0 fully saturated rings. The number of hydrogen-bond donors (Lipinski definition) is 0. The first kappa shape index (κ1) is 24.0. The van der Waals surface area contributed by atoms with E-state index in [1.165, 1.54) is 52.6 Å². The Labute approximate surface area is 195 Å². The predicted octanol–water partition coefficient (Wildman–Crippen LogP) is 8.04. The fraction of sp³-hybridized carbons (Fsp3) is 0.355. The van der Waals surface area contributed by atoms with Crippen LogP contribution in [0.1, 0.15) is 72.5 Å². The van der Waals surface area contributed by atoms with Gasteiger partial charge in [-0.05, 0) is 66.1 Å². The van der Waals surface area contributed by atoms with Crippen LogP contribution >= 0.6 is 0 Å². The normalized spacial score (nSPS) is 12.1. The Morgan fingerprint density at radius 2 is 1.28 bits per heavy atom. The topological polar surface area (TPSA) is 3.24 Å². The summed E-state index contributed by atoms with van der Waals surface area (Å²) in [6, 6.07) is 27.5. The maximum Gasteiger partial charge on any atom is 0.0351 e. The van der Waals surface area contributed by atoms with E-state index in [2.05, 4.69) is 105 Å². The van der Waals surface area contributed by atoms with Gasteiger partial charge < -0.3 is 0 Å². The predicted molar refractivity (Wildman–Crippen MR) is 140 cm³/mol. The van der Waals surface area contributed by atoms with Crippen LogP contribution in [0.5, 0.6) is 0 Å². The molecule has 0 aliphatic rings. The summed E-state index contributed by atoms with van der Waals surface area (Å²) in [4.78, 5) is 2.50.